The molecular formula is C24H23F3N4O4. The Labute approximate surface area is 197 Å². The molecule has 4 rings (SSSR count). The Bertz CT molecular complexity index is 1400. The van der Waals surface area contributed by atoms with Crippen LogP contribution in [0.2, 0.25) is 0 Å². The second-order valence-electron chi connectivity index (χ2n) is 8.19. The number of aromatic nitrogens is 2. The van der Waals surface area contributed by atoms with Crippen LogP contribution in [-0.2, 0) is 24.1 Å². The minimum atomic E-state index is -4.55. The van der Waals surface area contributed by atoms with Crippen LogP contribution in [0.3, 0.4) is 0 Å². The van der Waals surface area contributed by atoms with Gasteiger partial charge in [-0.2, -0.15) is 13.2 Å². The molecule has 2 heterocycles. The molecule has 8 nitrogen and oxygen atoms in total. The van der Waals surface area contributed by atoms with Crippen molar-refractivity contribution in [2.75, 3.05) is 26.2 Å². The van der Waals surface area contributed by atoms with Gasteiger partial charge in [0.2, 0.25) is 5.91 Å². The van der Waals surface area contributed by atoms with Gasteiger partial charge in [-0.15, -0.1) is 0 Å². The van der Waals surface area contributed by atoms with Crippen molar-refractivity contribution in [2.24, 2.45) is 0 Å². The molecule has 0 N–H and O–H groups in total. The van der Waals surface area contributed by atoms with Gasteiger partial charge in [0.15, 0.2) is 0 Å². The molecule has 3 aromatic rings. The number of hydrogen-bond acceptors (Lipinski definition) is 4. The number of fused-ring (bicyclic) bond motifs is 1. The maximum Gasteiger partial charge on any atom is 0.416 e. The van der Waals surface area contributed by atoms with Crippen molar-refractivity contribution in [3.63, 3.8) is 0 Å². The monoisotopic (exact) mass is 488 g/mol. The first-order chi connectivity index (χ1) is 16.6. The summed E-state index contributed by atoms with van der Waals surface area (Å²) in [6.45, 7) is 2.18. The van der Waals surface area contributed by atoms with E-state index in [4.69, 9.17) is 0 Å². The van der Waals surface area contributed by atoms with Crippen LogP contribution in [0, 0.1) is 0 Å². The van der Waals surface area contributed by atoms with Gasteiger partial charge >= 0.3 is 11.9 Å². The lowest BCUT2D eigenvalue weighted by Crippen LogP contribution is -2.52. The summed E-state index contributed by atoms with van der Waals surface area (Å²) >= 11 is 0. The predicted octanol–water partition coefficient (Wildman–Crippen LogP) is 2.19. The lowest BCUT2D eigenvalue weighted by Gasteiger charge is -2.35. The number of carbonyl (C=O) groups excluding carboxylic acids is 2. The van der Waals surface area contributed by atoms with E-state index >= 15 is 0 Å². The van der Waals surface area contributed by atoms with Crippen LogP contribution >= 0.6 is 0 Å². The van der Waals surface area contributed by atoms with Gasteiger partial charge in [-0.05, 0) is 37.3 Å². The van der Waals surface area contributed by atoms with Crippen molar-refractivity contribution in [1.82, 2.24) is 18.9 Å². The normalized spacial score (nSPS) is 14.4. The highest BCUT2D eigenvalue weighted by Gasteiger charge is 2.32. The number of hydrogen-bond donors (Lipinski definition) is 0. The molecule has 0 atom stereocenters. The third kappa shape index (κ3) is 4.71. The average molecular weight is 488 g/mol. The summed E-state index contributed by atoms with van der Waals surface area (Å²) in [6.07, 6.45) is -4.55. The molecule has 0 radical (unpaired) electrons. The second-order valence-corrected chi connectivity index (χ2v) is 8.19. The number of carbonyl (C=O) groups is 2. The van der Waals surface area contributed by atoms with Crippen molar-refractivity contribution in [1.29, 1.82) is 0 Å². The number of benzene rings is 2. The molecule has 0 bridgehead atoms. The zero-order valence-electron chi connectivity index (χ0n) is 18.9. The van der Waals surface area contributed by atoms with E-state index in [-0.39, 0.29) is 50.7 Å². The fraction of sp³-hybridized carbons (Fsp3) is 0.333. The highest BCUT2D eigenvalue weighted by Crippen LogP contribution is 2.29. The molecule has 0 spiro atoms. The van der Waals surface area contributed by atoms with Crippen molar-refractivity contribution < 1.29 is 22.8 Å². The van der Waals surface area contributed by atoms with Crippen LogP contribution in [0.5, 0.6) is 0 Å². The molecule has 0 unspecified atom stereocenters. The zero-order valence-corrected chi connectivity index (χ0v) is 18.9. The van der Waals surface area contributed by atoms with Crippen LogP contribution in [-0.4, -0.2) is 56.9 Å². The van der Waals surface area contributed by atoms with E-state index in [1.54, 1.807) is 31.2 Å². The first kappa shape index (κ1) is 24.2. The highest BCUT2D eigenvalue weighted by molar-refractivity contribution is 5.94. The molecule has 1 aromatic heterocycles. The Kier molecular flexibility index (Phi) is 6.51. The molecule has 0 aliphatic carbocycles. The second kappa shape index (κ2) is 9.40. The minimum absolute atomic E-state index is 0.0700. The third-order valence-corrected chi connectivity index (χ3v) is 6.10. The minimum Gasteiger partial charge on any atom is -0.338 e. The molecular weight excluding hydrogens is 465 g/mol. The molecule has 2 amide bonds. The zero-order chi connectivity index (χ0) is 25.3. The summed E-state index contributed by atoms with van der Waals surface area (Å²) in [5, 5.41) is 0.332. The van der Waals surface area contributed by atoms with E-state index in [9.17, 15) is 32.3 Å². The van der Waals surface area contributed by atoms with Gasteiger partial charge in [0, 0.05) is 38.3 Å². The first-order valence-electron chi connectivity index (χ1n) is 11.1. The SMILES string of the molecule is CCn1c(=O)c2ccccc2n(CC(=O)N2CCN(C(=O)c3cccc(C(F)(F)F)c3)CC2)c1=O. The molecule has 1 aliphatic heterocycles. The highest BCUT2D eigenvalue weighted by atomic mass is 19.4. The first-order valence-corrected chi connectivity index (χ1v) is 11.1. The van der Waals surface area contributed by atoms with Gasteiger partial charge in [-0.3, -0.25) is 23.5 Å². The molecule has 1 fully saturated rings. The van der Waals surface area contributed by atoms with Gasteiger partial charge in [0.1, 0.15) is 6.54 Å². The average Bonchev–Trinajstić information content (AvgIpc) is 2.86. The van der Waals surface area contributed by atoms with Crippen LogP contribution in [0.4, 0.5) is 13.2 Å². The molecule has 35 heavy (non-hydrogen) atoms. The van der Waals surface area contributed by atoms with Crippen molar-refractivity contribution in [3.05, 3.63) is 80.5 Å². The summed E-state index contributed by atoms with van der Waals surface area (Å²) in [6, 6.07) is 10.8. The van der Waals surface area contributed by atoms with Gasteiger partial charge < -0.3 is 9.80 Å². The van der Waals surface area contributed by atoms with E-state index < -0.39 is 28.9 Å². The number of para-hydroxylation sites is 1. The number of nitrogens with zero attached hydrogens (tertiary/aromatic N) is 4. The standard InChI is InChI=1S/C24H23F3N4O4/c1-2-30-22(34)18-8-3-4-9-19(18)31(23(30)35)15-20(32)28-10-12-29(13-11-28)21(33)16-6-5-7-17(14-16)24(25,26)27/h3-9,14H,2,10-13,15H2,1H3. The van der Waals surface area contributed by atoms with Crippen molar-refractivity contribution in [3.8, 4) is 0 Å². The van der Waals surface area contributed by atoms with E-state index in [1.165, 1.54) is 26.5 Å². The van der Waals surface area contributed by atoms with Gasteiger partial charge in [0.25, 0.3) is 11.5 Å². The Morgan fingerprint density at radius 3 is 2.20 bits per heavy atom. The van der Waals surface area contributed by atoms with E-state index in [1.807, 2.05) is 0 Å². The predicted molar refractivity (Wildman–Crippen MR) is 122 cm³/mol. The Morgan fingerprint density at radius 2 is 1.54 bits per heavy atom. The van der Waals surface area contributed by atoms with Crippen molar-refractivity contribution in [2.45, 2.75) is 26.2 Å². The van der Waals surface area contributed by atoms with Crippen molar-refractivity contribution >= 4 is 22.7 Å². The van der Waals surface area contributed by atoms with E-state index in [0.29, 0.717) is 10.9 Å². The largest absolute Gasteiger partial charge is 0.416 e. The summed E-state index contributed by atoms with van der Waals surface area (Å²) in [5.41, 5.74) is -1.61. The van der Waals surface area contributed by atoms with E-state index in [2.05, 4.69) is 0 Å². The molecule has 0 saturated carbocycles. The fourth-order valence-corrected chi connectivity index (χ4v) is 4.21. The Balaban J connectivity index is 1.48. The van der Waals surface area contributed by atoms with Crippen LogP contribution in [0.25, 0.3) is 10.9 Å². The topological polar surface area (TPSA) is 84.6 Å². The number of rotatable bonds is 4. The summed E-state index contributed by atoms with van der Waals surface area (Å²) in [7, 11) is 0. The summed E-state index contributed by atoms with van der Waals surface area (Å²) in [4.78, 5) is 54.1. The number of halogens is 3. The summed E-state index contributed by atoms with van der Waals surface area (Å²) in [5.74, 6) is -0.898. The number of alkyl halides is 3. The smallest absolute Gasteiger partial charge is 0.338 e. The Morgan fingerprint density at radius 1 is 0.886 bits per heavy atom. The van der Waals surface area contributed by atoms with Gasteiger partial charge in [-0.25, -0.2) is 4.79 Å². The molecule has 1 saturated heterocycles. The number of piperazine rings is 1. The van der Waals surface area contributed by atoms with Crippen LogP contribution in [0.15, 0.2) is 58.1 Å². The quantitative estimate of drug-likeness (QED) is 0.564. The third-order valence-electron chi connectivity index (χ3n) is 6.10. The van der Waals surface area contributed by atoms with Crippen LogP contribution in [0.1, 0.15) is 22.8 Å². The Hall–Kier alpha value is -3.89. The van der Waals surface area contributed by atoms with E-state index in [0.717, 1.165) is 16.7 Å². The molecule has 184 valence electrons. The number of amides is 2. The molecule has 2 aromatic carbocycles. The fourth-order valence-electron chi connectivity index (χ4n) is 4.21. The van der Waals surface area contributed by atoms with Gasteiger partial charge in [0.05, 0.1) is 16.5 Å². The molecule has 1 aliphatic rings. The lowest BCUT2D eigenvalue weighted by atomic mass is 10.1. The maximum atomic E-state index is 13.0. The molecule has 11 heteroatoms. The summed E-state index contributed by atoms with van der Waals surface area (Å²) < 4.78 is 41.3. The van der Waals surface area contributed by atoms with Crippen LogP contribution < -0.4 is 11.2 Å². The maximum absolute atomic E-state index is 13.0. The lowest BCUT2D eigenvalue weighted by molar-refractivity contribution is -0.137. The van der Waals surface area contributed by atoms with Gasteiger partial charge in [-0.1, -0.05) is 18.2 Å².